The quantitative estimate of drug-likeness (QED) is 0.217. The fraction of sp³-hybridized carbons (Fsp3) is 0.762. The number of carboxylic acid groups (broad SMARTS) is 1. The van der Waals surface area contributed by atoms with Crippen LogP contribution in [0, 0.1) is 0 Å². The molecule has 2 heteroatoms. The van der Waals surface area contributed by atoms with E-state index in [-0.39, 0.29) is 0 Å². The van der Waals surface area contributed by atoms with Gasteiger partial charge < -0.3 is 5.11 Å². The SMILES string of the molecule is C=CCCCCCCC=CCCCCCCCCCCC(=O)O. The summed E-state index contributed by atoms with van der Waals surface area (Å²) in [5, 5.41) is 8.54. The minimum Gasteiger partial charge on any atom is -0.481 e. The first-order chi connectivity index (χ1) is 11.3. The summed E-state index contributed by atoms with van der Waals surface area (Å²) in [6, 6.07) is 0. The number of carbonyl (C=O) groups is 1. The largest absolute Gasteiger partial charge is 0.481 e. The molecule has 0 amide bonds. The van der Waals surface area contributed by atoms with Crippen LogP contribution in [0.1, 0.15) is 103 Å². The van der Waals surface area contributed by atoms with Crippen molar-refractivity contribution in [2.45, 2.75) is 103 Å². The molecule has 134 valence electrons. The molecule has 0 unspecified atom stereocenters. The fourth-order valence-electron chi connectivity index (χ4n) is 2.74. The van der Waals surface area contributed by atoms with E-state index in [4.69, 9.17) is 5.11 Å². The van der Waals surface area contributed by atoms with Gasteiger partial charge in [0.25, 0.3) is 0 Å². The molecule has 0 radical (unpaired) electrons. The summed E-state index contributed by atoms with van der Waals surface area (Å²) in [5.74, 6) is -0.661. The Morgan fingerprint density at radius 1 is 0.652 bits per heavy atom. The molecular formula is C21H38O2. The molecular weight excluding hydrogens is 284 g/mol. The van der Waals surface area contributed by atoms with Gasteiger partial charge >= 0.3 is 5.97 Å². The van der Waals surface area contributed by atoms with E-state index in [0.717, 1.165) is 19.3 Å². The minimum absolute atomic E-state index is 0.334. The minimum atomic E-state index is -0.661. The van der Waals surface area contributed by atoms with Crippen molar-refractivity contribution in [1.29, 1.82) is 0 Å². The van der Waals surface area contributed by atoms with Crippen LogP contribution in [-0.2, 0) is 4.79 Å². The first-order valence-electron chi connectivity index (χ1n) is 9.75. The zero-order valence-corrected chi connectivity index (χ0v) is 15.1. The van der Waals surface area contributed by atoms with Gasteiger partial charge in [-0.2, -0.15) is 0 Å². The average Bonchev–Trinajstić information content (AvgIpc) is 2.53. The van der Waals surface area contributed by atoms with E-state index in [0.29, 0.717) is 6.42 Å². The summed E-state index contributed by atoms with van der Waals surface area (Å²) in [7, 11) is 0. The third-order valence-corrected chi connectivity index (χ3v) is 4.21. The summed E-state index contributed by atoms with van der Waals surface area (Å²) in [5.41, 5.74) is 0. The lowest BCUT2D eigenvalue weighted by Crippen LogP contribution is -1.93. The highest BCUT2D eigenvalue weighted by Crippen LogP contribution is 2.11. The summed E-state index contributed by atoms with van der Waals surface area (Å²) in [4.78, 5) is 10.4. The van der Waals surface area contributed by atoms with Gasteiger partial charge in [0, 0.05) is 6.42 Å². The second kappa shape index (κ2) is 19.0. The molecule has 0 rings (SSSR count). The van der Waals surface area contributed by atoms with Gasteiger partial charge in [0.05, 0.1) is 0 Å². The Labute approximate surface area is 144 Å². The van der Waals surface area contributed by atoms with Crippen LogP contribution >= 0.6 is 0 Å². The van der Waals surface area contributed by atoms with Gasteiger partial charge in [-0.05, 0) is 44.9 Å². The van der Waals surface area contributed by atoms with E-state index in [1.165, 1.54) is 77.0 Å². The summed E-state index contributed by atoms with van der Waals surface area (Å²) >= 11 is 0. The Kier molecular flexibility index (Phi) is 18.1. The van der Waals surface area contributed by atoms with Gasteiger partial charge in [-0.15, -0.1) is 6.58 Å². The monoisotopic (exact) mass is 322 g/mol. The molecule has 0 atom stereocenters. The molecule has 2 nitrogen and oxygen atoms in total. The van der Waals surface area contributed by atoms with Gasteiger partial charge in [-0.1, -0.05) is 69.6 Å². The van der Waals surface area contributed by atoms with E-state index >= 15 is 0 Å². The number of aliphatic carboxylic acids is 1. The van der Waals surface area contributed by atoms with E-state index in [1.807, 2.05) is 6.08 Å². The highest BCUT2D eigenvalue weighted by atomic mass is 16.4. The lowest BCUT2D eigenvalue weighted by molar-refractivity contribution is -0.137. The molecule has 0 aromatic carbocycles. The number of unbranched alkanes of at least 4 members (excludes halogenated alkanes) is 13. The van der Waals surface area contributed by atoms with Crippen LogP contribution in [0.15, 0.2) is 24.8 Å². The average molecular weight is 323 g/mol. The van der Waals surface area contributed by atoms with Gasteiger partial charge in [0.1, 0.15) is 0 Å². The van der Waals surface area contributed by atoms with Crippen molar-refractivity contribution in [3.63, 3.8) is 0 Å². The Hall–Kier alpha value is -1.05. The molecule has 0 aliphatic rings. The number of carboxylic acids is 1. The number of hydrogen-bond donors (Lipinski definition) is 1. The molecule has 0 aliphatic heterocycles. The highest BCUT2D eigenvalue weighted by Gasteiger charge is 1.96. The third kappa shape index (κ3) is 21.0. The second-order valence-corrected chi connectivity index (χ2v) is 6.51. The van der Waals surface area contributed by atoms with E-state index in [9.17, 15) is 4.79 Å². The molecule has 23 heavy (non-hydrogen) atoms. The van der Waals surface area contributed by atoms with E-state index in [1.54, 1.807) is 0 Å². The predicted molar refractivity (Wildman–Crippen MR) is 101 cm³/mol. The van der Waals surface area contributed by atoms with Crippen LogP contribution in [0.3, 0.4) is 0 Å². The van der Waals surface area contributed by atoms with Crippen LogP contribution in [0.2, 0.25) is 0 Å². The van der Waals surface area contributed by atoms with Crippen molar-refractivity contribution in [2.75, 3.05) is 0 Å². The van der Waals surface area contributed by atoms with Gasteiger partial charge in [-0.3, -0.25) is 4.79 Å². The van der Waals surface area contributed by atoms with Crippen LogP contribution < -0.4 is 0 Å². The lowest BCUT2D eigenvalue weighted by atomic mass is 10.1. The van der Waals surface area contributed by atoms with Gasteiger partial charge in [0.2, 0.25) is 0 Å². The van der Waals surface area contributed by atoms with Crippen molar-refractivity contribution in [2.24, 2.45) is 0 Å². The number of hydrogen-bond acceptors (Lipinski definition) is 1. The van der Waals surface area contributed by atoms with Crippen LogP contribution in [0.25, 0.3) is 0 Å². The Morgan fingerprint density at radius 2 is 1.04 bits per heavy atom. The van der Waals surface area contributed by atoms with E-state index in [2.05, 4.69) is 18.7 Å². The van der Waals surface area contributed by atoms with Crippen molar-refractivity contribution in [3.05, 3.63) is 24.8 Å². The topological polar surface area (TPSA) is 37.3 Å². The fourth-order valence-corrected chi connectivity index (χ4v) is 2.74. The lowest BCUT2D eigenvalue weighted by Gasteiger charge is -2.01. The maximum absolute atomic E-state index is 10.4. The van der Waals surface area contributed by atoms with Crippen LogP contribution in [0.5, 0.6) is 0 Å². The number of allylic oxidation sites excluding steroid dienone is 3. The highest BCUT2D eigenvalue weighted by molar-refractivity contribution is 5.66. The molecule has 0 saturated carbocycles. The predicted octanol–water partition coefficient (Wildman–Crippen LogP) is 7.05. The van der Waals surface area contributed by atoms with Crippen molar-refractivity contribution in [1.82, 2.24) is 0 Å². The third-order valence-electron chi connectivity index (χ3n) is 4.21. The molecule has 0 bridgehead atoms. The Morgan fingerprint density at radius 3 is 1.48 bits per heavy atom. The van der Waals surface area contributed by atoms with Gasteiger partial charge in [-0.25, -0.2) is 0 Å². The second-order valence-electron chi connectivity index (χ2n) is 6.51. The maximum atomic E-state index is 10.4. The zero-order chi connectivity index (χ0) is 17.0. The zero-order valence-electron chi connectivity index (χ0n) is 15.1. The van der Waals surface area contributed by atoms with E-state index < -0.39 is 5.97 Å². The molecule has 1 N–H and O–H groups in total. The standard InChI is InChI=1S/C21H38O2/c1-2-3-4-5-6-7-8-9-10-11-12-13-14-15-16-17-18-19-20-21(22)23/h2,9-10H,1,3-8,11-20H2,(H,22,23). The summed E-state index contributed by atoms with van der Waals surface area (Å²) < 4.78 is 0. The van der Waals surface area contributed by atoms with Gasteiger partial charge in [0.15, 0.2) is 0 Å². The number of rotatable bonds is 18. The summed E-state index contributed by atoms with van der Waals surface area (Å²) in [6.45, 7) is 3.75. The molecule has 0 aliphatic carbocycles. The van der Waals surface area contributed by atoms with Crippen molar-refractivity contribution >= 4 is 5.97 Å². The molecule has 0 fully saturated rings. The van der Waals surface area contributed by atoms with Crippen molar-refractivity contribution < 1.29 is 9.90 Å². The molecule has 0 spiro atoms. The Bertz CT molecular complexity index is 294. The molecule has 0 aromatic heterocycles. The smallest absolute Gasteiger partial charge is 0.303 e. The first kappa shape index (κ1) is 21.9. The summed E-state index contributed by atoms with van der Waals surface area (Å²) in [6.07, 6.45) is 25.7. The van der Waals surface area contributed by atoms with Crippen LogP contribution in [-0.4, -0.2) is 11.1 Å². The van der Waals surface area contributed by atoms with Crippen molar-refractivity contribution in [3.8, 4) is 0 Å². The Balaban J connectivity index is 3.08. The molecule has 0 heterocycles. The first-order valence-corrected chi connectivity index (χ1v) is 9.75. The maximum Gasteiger partial charge on any atom is 0.303 e. The van der Waals surface area contributed by atoms with Crippen LogP contribution in [0.4, 0.5) is 0 Å². The normalized spacial score (nSPS) is 11.1. The molecule has 0 aromatic rings. The molecule has 0 saturated heterocycles.